The van der Waals surface area contributed by atoms with Crippen molar-refractivity contribution in [2.24, 2.45) is 0 Å². The first kappa shape index (κ1) is 27.5. The summed E-state index contributed by atoms with van der Waals surface area (Å²) in [4.78, 5) is 15.6. The van der Waals surface area contributed by atoms with Crippen molar-refractivity contribution in [3.63, 3.8) is 0 Å². The highest BCUT2D eigenvalue weighted by molar-refractivity contribution is 6.20. The Labute approximate surface area is 282 Å². The first-order chi connectivity index (χ1) is 24.3. The molecule has 0 aliphatic heterocycles. The predicted octanol–water partition coefficient (Wildman–Crippen LogP) is 11.9. The number of nitrogens with zero attached hydrogens (tertiary/aromatic N) is 3. The molecule has 49 heavy (non-hydrogen) atoms. The molecular weight excluding hydrogens is 599 g/mol. The van der Waals surface area contributed by atoms with Crippen molar-refractivity contribution < 1.29 is 4.42 Å². The molecule has 8 aromatic carbocycles. The predicted molar refractivity (Wildman–Crippen MR) is 201 cm³/mol. The summed E-state index contributed by atoms with van der Waals surface area (Å²) in [6, 6.07) is 56.9. The van der Waals surface area contributed by atoms with Crippen LogP contribution in [0.5, 0.6) is 0 Å². The van der Waals surface area contributed by atoms with E-state index in [0.29, 0.717) is 17.5 Å². The molecule has 0 saturated heterocycles. The van der Waals surface area contributed by atoms with E-state index in [4.69, 9.17) is 19.4 Å². The Balaban J connectivity index is 1.26. The molecule has 0 radical (unpaired) electrons. The smallest absolute Gasteiger partial charge is 0.165 e. The zero-order chi connectivity index (χ0) is 32.3. The topological polar surface area (TPSA) is 51.8 Å². The molecule has 0 fully saturated rings. The average molecular weight is 626 g/mol. The largest absolute Gasteiger partial charge is 0.456 e. The van der Waals surface area contributed by atoms with Gasteiger partial charge >= 0.3 is 0 Å². The Morgan fingerprint density at radius 1 is 0.347 bits per heavy atom. The minimum atomic E-state index is 0.601. The van der Waals surface area contributed by atoms with E-state index >= 15 is 0 Å². The summed E-state index contributed by atoms with van der Waals surface area (Å²) in [5, 5.41) is 9.32. The number of para-hydroxylation sites is 1. The van der Waals surface area contributed by atoms with Gasteiger partial charge in [0.05, 0.1) is 0 Å². The molecule has 0 N–H and O–H groups in total. The van der Waals surface area contributed by atoms with Crippen LogP contribution in [0.2, 0.25) is 0 Å². The average Bonchev–Trinajstić information content (AvgIpc) is 3.56. The highest BCUT2D eigenvalue weighted by atomic mass is 16.3. The zero-order valence-corrected chi connectivity index (χ0v) is 26.3. The van der Waals surface area contributed by atoms with Crippen LogP contribution < -0.4 is 0 Å². The van der Waals surface area contributed by atoms with Crippen LogP contribution in [-0.4, -0.2) is 15.0 Å². The number of furan rings is 1. The summed E-state index contributed by atoms with van der Waals surface area (Å²) < 4.78 is 6.38. The fourth-order valence-electron chi connectivity index (χ4n) is 7.22. The van der Waals surface area contributed by atoms with Crippen LogP contribution in [0.15, 0.2) is 168 Å². The van der Waals surface area contributed by atoms with Crippen LogP contribution >= 0.6 is 0 Å². The van der Waals surface area contributed by atoms with Crippen LogP contribution in [0.4, 0.5) is 0 Å². The number of benzene rings is 8. The van der Waals surface area contributed by atoms with Crippen molar-refractivity contribution >= 4 is 54.3 Å². The molecular formula is C45H27N3O. The summed E-state index contributed by atoms with van der Waals surface area (Å²) in [7, 11) is 0. The normalized spacial score (nSPS) is 11.7. The molecule has 0 saturated carbocycles. The Bertz CT molecular complexity index is 2880. The third kappa shape index (κ3) is 4.49. The van der Waals surface area contributed by atoms with Gasteiger partial charge in [-0.05, 0) is 67.7 Å². The van der Waals surface area contributed by atoms with Crippen molar-refractivity contribution in [2.45, 2.75) is 0 Å². The van der Waals surface area contributed by atoms with Crippen LogP contribution in [0, 0.1) is 0 Å². The monoisotopic (exact) mass is 625 g/mol. The van der Waals surface area contributed by atoms with Gasteiger partial charge in [-0.15, -0.1) is 0 Å². The van der Waals surface area contributed by atoms with Crippen LogP contribution in [0.25, 0.3) is 99.5 Å². The van der Waals surface area contributed by atoms with Crippen molar-refractivity contribution in [3.8, 4) is 45.3 Å². The van der Waals surface area contributed by atoms with E-state index < -0.39 is 0 Å². The Morgan fingerprint density at radius 3 is 1.78 bits per heavy atom. The zero-order valence-electron chi connectivity index (χ0n) is 26.3. The molecule has 0 aliphatic rings. The Kier molecular flexibility index (Phi) is 6.15. The molecule has 0 aliphatic carbocycles. The molecule has 0 amide bonds. The highest BCUT2D eigenvalue weighted by Crippen LogP contribution is 2.42. The van der Waals surface area contributed by atoms with Gasteiger partial charge in [0, 0.05) is 27.5 Å². The van der Waals surface area contributed by atoms with E-state index in [1.807, 2.05) is 54.6 Å². The lowest BCUT2D eigenvalue weighted by Gasteiger charge is -2.14. The third-order valence-electron chi connectivity index (χ3n) is 9.50. The molecule has 0 atom stereocenters. The summed E-state index contributed by atoms with van der Waals surface area (Å²) in [5.74, 6) is 1.84. The lowest BCUT2D eigenvalue weighted by atomic mass is 9.94. The van der Waals surface area contributed by atoms with Gasteiger partial charge in [0.15, 0.2) is 17.5 Å². The molecule has 4 heteroatoms. The van der Waals surface area contributed by atoms with Crippen LogP contribution in [-0.2, 0) is 0 Å². The molecule has 2 aromatic heterocycles. The number of hydrogen-bond donors (Lipinski definition) is 0. The van der Waals surface area contributed by atoms with Gasteiger partial charge in [0.1, 0.15) is 11.2 Å². The Hall–Kier alpha value is -6.65. The van der Waals surface area contributed by atoms with Gasteiger partial charge in [0.25, 0.3) is 0 Å². The van der Waals surface area contributed by atoms with Gasteiger partial charge in [-0.25, -0.2) is 15.0 Å². The number of rotatable bonds is 4. The molecule has 4 nitrogen and oxygen atoms in total. The van der Waals surface area contributed by atoms with Crippen molar-refractivity contribution in [3.05, 3.63) is 164 Å². The highest BCUT2D eigenvalue weighted by Gasteiger charge is 2.22. The van der Waals surface area contributed by atoms with Gasteiger partial charge in [-0.3, -0.25) is 0 Å². The third-order valence-corrected chi connectivity index (χ3v) is 9.50. The van der Waals surface area contributed by atoms with Crippen molar-refractivity contribution in [1.82, 2.24) is 15.0 Å². The lowest BCUT2D eigenvalue weighted by molar-refractivity contribution is 0.669. The molecule has 0 spiro atoms. The van der Waals surface area contributed by atoms with E-state index in [2.05, 4.69) is 109 Å². The maximum atomic E-state index is 6.38. The van der Waals surface area contributed by atoms with Crippen LogP contribution in [0.1, 0.15) is 0 Å². The van der Waals surface area contributed by atoms with E-state index in [1.54, 1.807) is 0 Å². The number of aromatic nitrogens is 3. The van der Waals surface area contributed by atoms with Gasteiger partial charge in [-0.1, -0.05) is 140 Å². The molecule has 0 unspecified atom stereocenters. The van der Waals surface area contributed by atoms with Gasteiger partial charge in [-0.2, -0.15) is 0 Å². The van der Waals surface area contributed by atoms with E-state index in [0.717, 1.165) is 55.1 Å². The van der Waals surface area contributed by atoms with E-state index in [-0.39, 0.29) is 0 Å². The van der Waals surface area contributed by atoms with Gasteiger partial charge < -0.3 is 4.42 Å². The van der Waals surface area contributed by atoms with E-state index in [1.165, 1.54) is 26.9 Å². The quantitative estimate of drug-likeness (QED) is 0.183. The van der Waals surface area contributed by atoms with Crippen molar-refractivity contribution in [2.75, 3.05) is 0 Å². The summed E-state index contributed by atoms with van der Waals surface area (Å²) in [6.45, 7) is 0. The fourth-order valence-corrected chi connectivity index (χ4v) is 7.22. The molecule has 10 aromatic rings. The Morgan fingerprint density at radius 2 is 0.959 bits per heavy atom. The van der Waals surface area contributed by atoms with Crippen molar-refractivity contribution in [1.29, 1.82) is 0 Å². The maximum Gasteiger partial charge on any atom is 0.165 e. The second kappa shape index (κ2) is 11.0. The first-order valence-corrected chi connectivity index (χ1v) is 16.4. The molecule has 0 bridgehead atoms. The maximum absolute atomic E-state index is 6.38. The van der Waals surface area contributed by atoms with Gasteiger partial charge in [0.2, 0.25) is 0 Å². The lowest BCUT2D eigenvalue weighted by Crippen LogP contribution is -2.01. The standard InChI is InChI=1S/C45H27N3O/c1-3-11-28(12-4-1)35-25-26-39-41(37-17-9-10-18-38(37)49-39)42(35)45-47-43(31-14-5-2-6-15-31)46-44(48-45)33-23-24-36-32(27-33)22-21-30-20-19-29-13-7-8-16-34(29)40(30)36/h1-27H. The van der Waals surface area contributed by atoms with E-state index in [9.17, 15) is 0 Å². The summed E-state index contributed by atoms with van der Waals surface area (Å²) >= 11 is 0. The summed E-state index contributed by atoms with van der Waals surface area (Å²) in [6.07, 6.45) is 0. The minimum Gasteiger partial charge on any atom is -0.456 e. The van der Waals surface area contributed by atoms with Crippen LogP contribution in [0.3, 0.4) is 0 Å². The second-order valence-electron chi connectivity index (χ2n) is 12.4. The SMILES string of the molecule is c1ccc(-c2nc(-c3ccc4c(ccc5ccc6ccccc6c54)c3)nc(-c3c(-c4ccccc4)ccc4oc5ccccc5c34)n2)cc1. The molecule has 228 valence electrons. The summed E-state index contributed by atoms with van der Waals surface area (Å²) in [5.41, 5.74) is 6.52. The molecule has 10 rings (SSSR count). The number of hydrogen-bond acceptors (Lipinski definition) is 4. The molecule has 2 heterocycles. The fraction of sp³-hybridized carbons (Fsp3) is 0. The number of fused-ring (bicyclic) bond motifs is 8. The minimum absolute atomic E-state index is 0.601. The first-order valence-electron chi connectivity index (χ1n) is 16.4. The second-order valence-corrected chi connectivity index (χ2v) is 12.4.